The van der Waals surface area contributed by atoms with Gasteiger partial charge in [-0.1, -0.05) is 13.0 Å². The van der Waals surface area contributed by atoms with Gasteiger partial charge in [0.15, 0.2) is 5.75 Å². The molecule has 0 aliphatic heterocycles. The predicted molar refractivity (Wildman–Crippen MR) is 65.9 cm³/mol. The van der Waals surface area contributed by atoms with Gasteiger partial charge in [-0.15, -0.1) is 0 Å². The number of hydroxylamine groups is 1. The molecule has 0 unspecified atom stereocenters. The highest BCUT2D eigenvalue weighted by Gasteiger charge is 2.15. The van der Waals surface area contributed by atoms with Gasteiger partial charge in [-0.05, 0) is 18.6 Å². The molecule has 0 aromatic heterocycles. The zero-order valence-electron chi connectivity index (χ0n) is 10.4. The standard InChI is InChI=1S/C12H16N2O4/c1-3-5-10(15)18-14-12(16)8-6-4-7-9(13)11(8)17-2/h4,6-7H,3,5,13H2,1-2H3,(H,14,16). The molecule has 1 rings (SSSR count). The molecule has 1 aromatic carbocycles. The van der Waals surface area contributed by atoms with Crippen LogP contribution < -0.4 is 16.0 Å². The van der Waals surface area contributed by atoms with Crippen molar-refractivity contribution in [3.8, 4) is 5.75 Å². The zero-order valence-corrected chi connectivity index (χ0v) is 10.4. The Morgan fingerprint density at radius 1 is 1.39 bits per heavy atom. The van der Waals surface area contributed by atoms with E-state index in [1.165, 1.54) is 13.2 Å². The molecule has 1 aromatic rings. The van der Waals surface area contributed by atoms with Gasteiger partial charge in [-0.25, -0.2) is 4.79 Å². The molecular formula is C12H16N2O4. The van der Waals surface area contributed by atoms with Gasteiger partial charge in [-0.2, -0.15) is 5.48 Å². The molecular weight excluding hydrogens is 236 g/mol. The fraction of sp³-hybridized carbons (Fsp3) is 0.333. The SMILES string of the molecule is CCCC(=O)ONC(=O)c1cccc(N)c1OC. The molecule has 6 heteroatoms. The largest absolute Gasteiger partial charge is 0.494 e. The molecule has 0 saturated carbocycles. The third-order valence-electron chi connectivity index (χ3n) is 2.21. The number of rotatable bonds is 4. The van der Waals surface area contributed by atoms with Crippen molar-refractivity contribution in [3.05, 3.63) is 23.8 Å². The third kappa shape index (κ3) is 3.38. The Labute approximate surface area is 105 Å². The van der Waals surface area contributed by atoms with Crippen LogP contribution in [0.15, 0.2) is 18.2 Å². The number of nitrogen functional groups attached to an aromatic ring is 1. The lowest BCUT2D eigenvalue weighted by Crippen LogP contribution is -2.27. The van der Waals surface area contributed by atoms with Crippen LogP contribution in [0.25, 0.3) is 0 Å². The minimum Gasteiger partial charge on any atom is -0.494 e. The lowest BCUT2D eigenvalue weighted by atomic mass is 10.1. The fourth-order valence-corrected chi connectivity index (χ4v) is 1.37. The maximum Gasteiger partial charge on any atom is 0.332 e. The fourth-order valence-electron chi connectivity index (χ4n) is 1.37. The minimum absolute atomic E-state index is 0.210. The van der Waals surface area contributed by atoms with Crippen LogP contribution in [0.4, 0.5) is 5.69 Å². The Hall–Kier alpha value is -2.24. The molecule has 0 radical (unpaired) electrons. The molecule has 18 heavy (non-hydrogen) atoms. The first kappa shape index (κ1) is 13.8. The van der Waals surface area contributed by atoms with E-state index in [4.69, 9.17) is 10.5 Å². The van der Waals surface area contributed by atoms with E-state index < -0.39 is 11.9 Å². The van der Waals surface area contributed by atoms with Crippen molar-refractivity contribution in [1.29, 1.82) is 0 Å². The summed E-state index contributed by atoms with van der Waals surface area (Å²) >= 11 is 0. The number of hydrogen-bond acceptors (Lipinski definition) is 5. The normalized spacial score (nSPS) is 9.67. The Morgan fingerprint density at radius 3 is 2.72 bits per heavy atom. The second-order valence-electron chi connectivity index (χ2n) is 3.58. The van der Waals surface area contributed by atoms with E-state index in [0.29, 0.717) is 12.1 Å². The van der Waals surface area contributed by atoms with Crippen LogP contribution in [0.1, 0.15) is 30.1 Å². The summed E-state index contributed by atoms with van der Waals surface area (Å²) in [7, 11) is 1.41. The van der Waals surface area contributed by atoms with E-state index in [0.717, 1.165) is 0 Å². The van der Waals surface area contributed by atoms with Gasteiger partial charge in [-0.3, -0.25) is 4.79 Å². The molecule has 98 valence electrons. The third-order valence-corrected chi connectivity index (χ3v) is 2.21. The molecule has 0 bridgehead atoms. The van der Waals surface area contributed by atoms with Crippen molar-refractivity contribution >= 4 is 17.6 Å². The number of anilines is 1. The van der Waals surface area contributed by atoms with Crippen molar-refractivity contribution in [1.82, 2.24) is 5.48 Å². The summed E-state index contributed by atoms with van der Waals surface area (Å²) in [5.74, 6) is -0.820. The molecule has 3 N–H and O–H groups in total. The van der Waals surface area contributed by atoms with E-state index in [-0.39, 0.29) is 17.7 Å². The monoisotopic (exact) mass is 252 g/mol. The smallest absolute Gasteiger partial charge is 0.332 e. The van der Waals surface area contributed by atoms with Crippen LogP contribution >= 0.6 is 0 Å². The van der Waals surface area contributed by atoms with Crippen LogP contribution in [0, 0.1) is 0 Å². The number of carbonyl (C=O) groups is 2. The van der Waals surface area contributed by atoms with Crippen LogP contribution in [-0.2, 0) is 9.63 Å². The first-order valence-corrected chi connectivity index (χ1v) is 5.52. The summed E-state index contributed by atoms with van der Waals surface area (Å²) in [6.07, 6.45) is 0.894. The van der Waals surface area contributed by atoms with Gasteiger partial charge in [0.05, 0.1) is 18.4 Å². The summed E-state index contributed by atoms with van der Waals surface area (Å²) < 4.78 is 5.03. The van der Waals surface area contributed by atoms with E-state index in [9.17, 15) is 9.59 Å². The molecule has 0 spiro atoms. The lowest BCUT2D eigenvalue weighted by Gasteiger charge is -2.10. The van der Waals surface area contributed by atoms with Gasteiger partial charge >= 0.3 is 5.97 Å². The second kappa shape index (κ2) is 6.48. The summed E-state index contributed by atoms with van der Waals surface area (Å²) in [5.41, 5.74) is 8.27. The molecule has 0 aliphatic carbocycles. The minimum atomic E-state index is -0.580. The van der Waals surface area contributed by atoms with Crippen LogP contribution in [0.2, 0.25) is 0 Å². The first-order chi connectivity index (χ1) is 8.60. The lowest BCUT2D eigenvalue weighted by molar-refractivity contribution is -0.149. The highest BCUT2D eigenvalue weighted by molar-refractivity contribution is 5.98. The van der Waals surface area contributed by atoms with Crippen molar-refractivity contribution < 1.29 is 19.2 Å². The van der Waals surface area contributed by atoms with Gasteiger partial charge < -0.3 is 15.3 Å². The average Bonchev–Trinajstić information content (AvgIpc) is 2.36. The maximum absolute atomic E-state index is 11.8. The van der Waals surface area contributed by atoms with Crippen LogP contribution in [-0.4, -0.2) is 19.0 Å². The number of para-hydroxylation sites is 1. The molecule has 0 fully saturated rings. The first-order valence-electron chi connectivity index (χ1n) is 5.52. The Balaban J connectivity index is 2.73. The molecule has 0 atom stereocenters. The van der Waals surface area contributed by atoms with Gasteiger partial charge in [0, 0.05) is 6.42 Å². The summed E-state index contributed by atoms with van der Waals surface area (Å²) in [6, 6.07) is 4.75. The number of methoxy groups -OCH3 is 1. The zero-order chi connectivity index (χ0) is 13.5. The van der Waals surface area contributed by atoms with Crippen molar-refractivity contribution in [3.63, 3.8) is 0 Å². The van der Waals surface area contributed by atoms with E-state index in [2.05, 4.69) is 10.3 Å². The van der Waals surface area contributed by atoms with Crippen molar-refractivity contribution in [2.45, 2.75) is 19.8 Å². The summed E-state index contributed by atoms with van der Waals surface area (Å²) in [6.45, 7) is 1.84. The van der Waals surface area contributed by atoms with Gasteiger partial charge in [0.25, 0.3) is 5.91 Å². The molecule has 6 nitrogen and oxygen atoms in total. The highest BCUT2D eigenvalue weighted by Crippen LogP contribution is 2.25. The number of carbonyl (C=O) groups excluding carboxylic acids is 2. The Kier molecular flexibility index (Phi) is 4.98. The van der Waals surface area contributed by atoms with E-state index in [1.807, 2.05) is 6.92 Å². The summed E-state index contributed by atoms with van der Waals surface area (Å²) in [5, 5.41) is 0. The second-order valence-corrected chi connectivity index (χ2v) is 3.58. The van der Waals surface area contributed by atoms with E-state index in [1.54, 1.807) is 12.1 Å². The highest BCUT2D eigenvalue weighted by atomic mass is 16.7. The number of ether oxygens (including phenoxy) is 1. The Bertz CT molecular complexity index is 446. The number of benzene rings is 1. The maximum atomic E-state index is 11.8. The molecule has 1 amide bonds. The van der Waals surface area contributed by atoms with Gasteiger partial charge in [0.1, 0.15) is 0 Å². The summed E-state index contributed by atoms with van der Waals surface area (Å²) in [4.78, 5) is 27.5. The number of nitrogens with two attached hydrogens (primary N) is 1. The Morgan fingerprint density at radius 2 is 2.11 bits per heavy atom. The number of amides is 1. The molecule has 0 saturated heterocycles. The topological polar surface area (TPSA) is 90.7 Å². The van der Waals surface area contributed by atoms with Crippen molar-refractivity contribution in [2.75, 3.05) is 12.8 Å². The van der Waals surface area contributed by atoms with E-state index >= 15 is 0 Å². The van der Waals surface area contributed by atoms with Gasteiger partial charge in [0.2, 0.25) is 0 Å². The van der Waals surface area contributed by atoms with Crippen LogP contribution in [0.3, 0.4) is 0 Å². The van der Waals surface area contributed by atoms with Crippen molar-refractivity contribution in [2.24, 2.45) is 0 Å². The number of nitrogens with one attached hydrogen (secondary N) is 1. The number of hydrogen-bond donors (Lipinski definition) is 2. The average molecular weight is 252 g/mol. The molecule has 0 aliphatic rings. The quantitative estimate of drug-likeness (QED) is 0.622. The molecule has 0 heterocycles. The van der Waals surface area contributed by atoms with Crippen LogP contribution in [0.5, 0.6) is 5.75 Å². The predicted octanol–water partition coefficient (Wildman–Crippen LogP) is 1.27.